The van der Waals surface area contributed by atoms with Gasteiger partial charge in [-0.1, -0.05) is 12.1 Å². The summed E-state index contributed by atoms with van der Waals surface area (Å²) in [5, 5.41) is 22.4. The molecule has 0 aliphatic heterocycles. The van der Waals surface area contributed by atoms with E-state index < -0.39 is 6.10 Å². The number of aromatic nitrogens is 5. The topological polar surface area (TPSA) is 68.8 Å². The first-order chi connectivity index (χ1) is 8.04. The van der Waals surface area contributed by atoms with Crippen LogP contribution in [0, 0.1) is 0 Å². The standard InChI is InChI=1S/C10H14BrN5O/c1-4-6-5-7(15(2)13-6)9(17)8-10(11)12-14-16(8)3/h5,9,17H,4H2,1-3H3. The summed E-state index contributed by atoms with van der Waals surface area (Å²) < 4.78 is 3.78. The first-order valence-electron chi connectivity index (χ1n) is 5.30. The van der Waals surface area contributed by atoms with Crippen molar-refractivity contribution in [2.75, 3.05) is 0 Å². The second kappa shape index (κ2) is 4.58. The van der Waals surface area contributed by atoms with Gasteiger partial charge in [-0.25, -0.2) is 4.68 Å². The lowest BCUT2D eigenvalue weighted by Gasteiger charge is -2.10. The van der Waals surface area contributed by atoms with Gasteiger partial charge in [0, 0.05) is 14.1 Å². The van der Waals surface area contributed by atoms with Gasteiger partial charge in [0.15, 0.2) is 4.60 Å². The Morgan fingerprint density at radius 2 is 2.12 bits per heavy atom. The summed E-state index contributed by atoms with van der Waals surface area (Å²) in [6.07, 6.45) is 0.0490. The van der Waals surface area contributed by atoms with E-state index in [1.165, 1.54) is 0 Å². The molecule has 0 spiro atoms. The Morgan fingerprint density at radius 3 is 2.59 bits per heavy atom. The van der Waals surface area contributed by atoms with Gasteiger partial charge in [-0.2, -0.15) is 5.10 Å². The number of nitrogens with zero attached hydrogens (tertiary/aromatic N) is 5. The van der Waals surface area contributed by atoms with E-state index >= 15 is 0 Å². The Balaban J connectivity index is 2.43. The fourth-order valence-electron chi connectivity index (χ4n) is 1.74. The lowest BCUT2D eigenvalue weighted by Crippen LogP contribution is -2.11. The first kappa shape index (κ1) is 12.3. The molecule has 17 heavy (non-hydrogen) atoms. The molecule has 2 rings (SSSR count). The maximum atomic E-state index is 10.3. The number of hydrogen-bond acceptors (Lipinski definition) is 4. The Morgan fingerprint density at radius 1 is 1.41 bits per heavy atom. The van der Waals surface area contributed by atoms with Crippen LogP contribution in [0.3, 0.4) is 0 Å². The molecule has 2 aromatic rings. The molecule has 0 aromatic carbocycles. The highest BCUT2D eigenvalue weighted by molar-refractivity contribution is 9.10. The second-order valence-electron chi connectivity index (χ2n) is 3.83. The van der Waals surface area contributed by atoms with Gasteiger partial charge in [0.05, 0.1) is 11.4 Å². The molecular formula is C10H14BrN5O. The summed E-state index contributed by atoms with van der Waals surface area (Å²) >= 11 is 3.28. The molecule has 0 radical (unpaired) electrons. The average Bonchev–Trinajstić information content (AvgIpc) is 2.82. The zero-order chi connectivity index (χ0) is 12.6. The van der Waals surface area contributed by atoms with E-state index in [1.807, 2.05) is 20.0 Å². The molecule has 2 heterocycles. The fourth-order valence-corrected chi connectivity index (χ4v) is 2.29. The molecule has 0 fully saturated rings. The summed E-state index contributed by atoms with van der Waals surface area (Å²) in [6, 6.07) is 1.89. The van der Waals surface area contributed by atoms with Gasteiger partial charge in [0.1, 0.15) is 11.8 Å². The van der Waals surface area contributed by atoms with Crippen LogP contribution in [0.2, 0.25) is 0 Å². The van der Waals surface area contributed by atoms with Crippen LogP contribution in [0.5, 0.6) is 0 Å². The number of halogens is 1. The second-order valence-corrected chi connectivity index (χ2v) is 4.58. The van der Waals surface area contributed by atoms with Crippen LogP contribution in [-0.2, 0) is 20.5 Å². The molecule has 1 atom stereocenters. The highest BCUT2D eigenvalue weighted by Crippen LogP contribution is 2.26. The predicted octanol–water partition coefficient (Wildman–Crippen LogP) is 0.955. The molecule has 0 saturated carbocycles. The van der Waals surface area contributed by atoms with E-state index in [4.69, 9.17) is 0 Å². The molecule has 0 aliphatic carbocycles. The molecule has 1 unspecified atom stereocenters. The Hall–Kier alpha value is -1.21. The first-order valence-corrected chi connectivity index (χ1v) is 6.09. The summed E-state index contributed by atoms with van der Waals surface area (Å²) in [5.74, 6) is 0. The molecule has 0 aliphatic rings. The van der Waals surface area contributed by atoms with Gasteiger partial charge >= 0.3 is 0 Å². The summed E-state index contributed by atoms with van der Waals surface area (Å²) in [7, 11) is 3.56. The SMILES string of the molecule is CCc1cc(C(O)c2c(Br)nnn2C)n(C)n1. The smallest absolute Gasteiger partial charge is 0.154 e. The summed E-state index contributed by atoms with van der Waals surface area (Å²) in [6.45, 7) is 2.03. The minimum atomic E-state index is -0.790. The van der Waals surface area contributed by atoms with Gasteiger partial charge < -0.3 is 5.11 Å². The van der Waals surface area contributed by atoms with Crippen LogP contribution >= 0.6 is 15.9 Å². The van der Waals surface area contributed by atoms with Crippen molar-refractivity contribution >= 4 is 15.9 Å². The van der Waals surface area contributed by atoms with Crippen LogP contribution in [0.15, 0.2) is 10.7 Å². The van der Waals surface area contributed by atoms with Crippen LogP contribution in [0.1, 0.15) is 30.1 Å². The van der Waals surface area contributed by atoms with Crippen LogP contribution in [-0.4, -0.2) is 29.9 Å². The normalized spacial score (nSPS) is 13.0. The van der Waals surface area contributed by atoms with Crippen molar-refractivity contribution in [3.63, 3.8) is 0 Å². The third kappa shape index (κ3) is 2.12. The maximum absolute atomic E-state index is 10.3. The summed E-state index contributed by atoms with van der Waals surface area (Å²) in [5.41, 5.74) is 2.30. The third-order valence-corrected chi connectivity index (χ3v) is 3.26. The zero-order valence-corrected chi connectivity index (χ0v) is 11.5. The molecular weight excluding hydrogens is 286 g/mol. The summed E-state index contributed by atoms with van der Waals surface area (Å²) in [4.78, 5) is 0. The molecule has 0 amide bonds. The van der Waals surface area contributed by atoms with Gasteiger partial charge in [0.2, 0.25) is 0 Å². The largest absolute Gasteiger partial charge is 0.380 e. The van der Waals surface area contributed by atoms with Crippen molar-refractivity contribution in [2.24, 2.45) is 14.1 Å². The Labute approximate surface area is 107 Å². The highest BCUT2D eigenvalue weighted by atomic mass is 79.9. The quantitative estimate of drug-likeness (QED) is 0.916. The van der Waals surface area contributed by atoms with Crippen molar-refractivity contribution in [3.8, 4) is 0 Å². The number of aliphatic hydroxyl groups is 1. The predicted molar refractivity (Wildman–Crippen MR) is 65.4 cm³/mol. The monoisotopic (exact) mass is 299 g/mol. The van der Waals surface area contributed by atoms with Crippen LogP contribution in [0.4, 0.5) is 0 Å². The van der Waals surface area contributed by atoms with E-state index in [9.17, 15) is 5.11 Å². The number of aliphatic hydroxyl groups excluding tert-OH is 1. The lowest BCUT2D eigenvalue weighted by molar-refractivity contribution is 0.199. The highest BCUT2D eigenvalue weighted by Gasteiger charge is 2.22. The van der Waals surface area contributed by atoms with Gasteiger partial charge in [-0.05, 0) is 28.4 Å². The van der Waals surface area contributed by atoms with E-state index in [0.29, 0.717) is 10.3 Å². The van der Waals surface area contributed by atoms with Gasteiger partial charge in [-0.3, -0.25) is 4.68 Å². The van der Waals surface area contributed by atoms with Crippen LogP contribution < -0.4 is 0 Å². The van der Waals surface area contributed by atoms with Crippen molar-refractivity contribution in [1.82, 2.24) is 24.8 Å². The number of aryl methyl sites for hydroxylation is 3. The minimum absolute atomic E-state index is 0.548. The number of hydrogen-bond donors (Lipinski definition) is 1. The van der Waals surface area contributed by atoms with Crippen molar-refractivity contribution < 1.29 is 5.11 Å². The zero-order valence-electron chi connectivity index (χ0n) is 9.92. The molecule has 7 heteroatoms. The van der Waals surface area contributed by atoms with Gasteiger partial charge in [-0.15, -0.1) is 5.10 Å². The molecule has 92 valence electrons. The number of rotatable bonds is 3. The van der Waals surface area contributed by atoms with E-state index in [2.05, 4.69) is 31.3 Å². The molecule has 0 saturated heterocycles. The maximum Gasteiger partial charge on any atom is 0.154 e. The van der Waals surface area contributed by atoms with Crippen molar-refractivity contribution in [3.05, 3.63) is 27.8 Å². The average molecular weight is 300 g/mol. The van der Waals surface area contributed by atoms with E-state index in [1.54, 1.807) is 16.4 Å². The molecule has 6 nitrogen and oxygen atoms in total. The van der Waals surface area contributed by atoms with Crippen molar-refractivity contribution in [1.29, 1.82) is 0 Å². The van der Waals surface area contributed by atoms with Crippen LogP contribution in [0.25, 0.3) is 0 Å². The minimum Gasteiger partial charge on any atom is -0.380 e. The Bertz CT molecular complexity index is 513. The molecule has 2 aromatic heterocycles. The van der Waals surface area contributed by atoms with Gasteiger partial charge in [0.25, 0.3) is 0 Å². The molecule has 0 bridgehead atoms. The molecule has 1 N–H and O–H groups in total. The van der Waals surface area contributed by atoms with E-state index in [-0.39, 0.29) is 0 Å². The third-order valence-electron chi connectivity index (χ3n) is 2.69. The fraction of sp³-hybridized carbons (Fsp3) is 0.500. The lowest BCUT2D eigenvalue weighted by atomic mass is 10.2. The van der Waals surface area contributed by atoms with Crippen molar-refractivity contribution in [2.45, 2.75) is 19.4 Å². The Kier molecular flexibility index (Phi) is 3.30. The van der Waals surface area contributed by atoms with E-state index in [0.717, 1.165) is 17.8 Å².